The van der Waals surface area contributed by atoms with Crippen molar-refractivity contribution in [1.29, 1.82) is 0 Å². The summed E-state index contributed by atoms with van der Waals surface area (Å²) in [5.74, 6) is -0.282. The summed E-state index contributed by atoms with van der Waals surface area (Å²) in [5, 5.41) is 11.4. The van der Waals surface area contributed by atoms with Crippen molar-refractivity contribution in [2.24, 2.45) is 0 Å². The Morgan fingerprint density at radius 2 is 1.71 bits per heavy atom. The fourth-order valence-corrected chi connectivity index (χ4v) is 2.32. The number of ether oxygens (including phenoxy) is 2. The summed E-state index contributed by atoms with van der Waals surface area (Å²) in [5.41, 5.74) is 1.32. The van der Waals surface area contributed by atoms with Crippen molar-refractivity contribution in [2.45, 2.75) is 6.61 Å². The molecule has 0 spiro atoms. The number of halogens is 1. The van der Waals surface area contributed by atoms with E-state index in [4.69, 9.17) is 14.6 Å². The van der Waals surface area contributed by atoms with Gasteiger partial charge in [0.05, 0.1) is 13.2 Å². The predicted molar refractivity (Wildman–Crippen MR) is 100 cm³/mol. The molecule has 3 rings (SSSR count). The number of nitrogens with zero attached hydrogens (tertiary/aromatic N) is 1. The van der Waals surface area contributed by atoms with Gasteiger partial charge in [-0.05, 0) is 42.0 Å². The highest BCUT2D eigenvalue weighted by atomic mass is 19.1. The first kappa shape index (κ1) is 21.2. The summed E-state index contributed by atoms with van der Waals surface area (Å²) in [6.07, 6.45) is -0.349. The van der Waals surface area contributed by atoms with Crippen LogP contribution >= 0.6 is 0 Å². The monoisotopic (exact) mass is 390 g/mol. The Morgan fingerprint density at radius 3 is 2.29 bits per heavy atom. The van der Waals surface area contributed by atoms with Gasteiger partial charge in [-0.3, -0.25) is 4.79 Å². The molecule has 2 amide bonds. The molecule has 2 aromatic rings. The van der Waals surface area contributed by atoms with Crippen molar-refractivity contribution < 1.29 is 28.6 Å². The SMILES string of the molecule is CNC(=O)c1ccc(O)cc1.O=C(OCc1ccc(F)cc1)N1CCOCC1. The number of amides is 2. The van der Waals surface area contributed by atoms with Crippen molar-refractivity contribution in [1.82, 2.24) is 10.2 Å². The lowest BCUT2D eigenvalue weighted by atomic mass is 10.2. The van der Waals surface area contributed by atoms with Gasteiger partial charge in [0.15, 0.2) is 0 Å². The van der Waals surface area contributed by atoms with E-state index in [1.165, 1.54) is 24.3 Å². The highest BCUT2D eigenvalue weighted by Crippen LogP contribution is 2.09. The topological polar surface area (TPSA) is 88.1 Å². The molecular weight excluding hydrogens is 367 g/mol. The van der Waals surface area contributed by atoms with Gasteiger partial charge in [-0.1, -0.05) is 12.1 Å². The van der Waals surface area contributed by atoms with Crippen LogP contribution in [0.2, 0.25) is 0 Å². The van der Waals surface area contributed by atoms with Gasteiger partial charge < -0.3 is 24.8 Å². The van der Waals surface area contributed by atoms with Gasteiger partial charge in [-0.25, -0.2) is 9.18 Å². The molecule has 0 radical (unpaired) electrons. The molecule has 0 aromatic heterocycles. The van der Waals surface area contributed by atoms with Crippen molar-refractivity contribution in [2.75, 3.05) is 33.4 Å². The van der Waals surface area contributed by atoms with E-state index in [2.05, 4.69) is 5.32 Å². The number of morpholine rings is 1. The van der Waals surface area contributed by atoms with E-state index in [0.29, 0.717) is 31.9 Å². The Hall–Kier alpha value is -3.13. The number of nitrogens with one attached hydrogen (secondary N) is 1. The Bertz CT molecular complexity index is 759. The average molecular weight is 390 g/mol. The van der Waals surface area contributed by atoms with Crippen LogP contribution in [-0.2, 0) is 16.1 Å². The van der Waals surface area contributed by atoms with E-state index in [0.717, 1.165) is 5.56 Å². The van der Waals surface area contributed by atoms with Crippen LogP contribution in [0.1, 0.15) is 15.9 Å². The summed E-state index contributed by atoms with van der Waals surface area (Å²) >= 11 is 0. The fraction of sp³-hybridized carbons (Fsp3) is 0.300. The van der Waals surface area contributed by atoms with Gasteiger partial charge in [0.2, 0.25) is 0 Å². The quantitative estimate of drug-likeness (QED) is 0.841. The van der Waals surface area contributed by atoms with Gasteiger partial charge in [0.25, 0.3) is 5.91 Å². The summed E-state index contributed by atoms with van der Waals surface area (Å²) in [4.78, 5) is 24.1. The number of hydrogen-bond donors (Lipinski definition) is 2. The second-order valence-corrected chi connectivity index (χ2v) is 5.91. The molecule has 0 atom stereocenters. The predicted octanol–water partition coefficient (Wildman–Crippen LogP) is 2.55. The first-order chi connectivity index (χ1) is 13.5. The van der Waals surface area contributed by atoms with E-state index in [1.54, 1.807) is 36.2 Å². The van der Waals surface area contributed by atoms with Crippen molar-refractivity contribution >= 4 is 12.0 Å². The third kappa shape index (κ3) is 6.88. The molecule has 28 heavy (non-hydrogen) atoms. The third-order valence-corrected chi connectivity index (χ3v) is 3.90. The highest BCUT2D eigenvalue weighted by molar-refractivity contribution is 5.94. The van der Waals surface area contributed by atoms with Crippen molar-refractivity contribution in [3.05, 3.63) is 65.5 Å². The number of carbonyl (C=O) groups is 2. The van der Waals surface area contributed by atoms with Crippen LogP contribution < -0.4 is 5.32 Å². The Morgan fingerprint density at radius 1 is 1.11 bits per heavy atom. The van der Waals surface area contributed by atoms with E-state index in [-0.39, 0.29) is 30.2 Å². The molecule has 0 unspecified atom stereocenters. The van der Waals surface area contributed by atoms with Crippen LogP contribution in [0.25, 0.3) is 0 Å². The zero-order valence-electron chi connectivity index (χ0n) is 15.6. The van der Waals surface area contributed by atoms with E-state index in [9.17, 15) is 14.0 Å². The zero-order chi connectivity index (χ0) is 20.4. The zero-order valence-corrected chi connectivity index (χ0v) is 15.6. The van der Waals surface area contributed by atoms with Crippen LogP contribution in [0.4, 0.5) is 9.18 Å². The molecule has 2 aromatic carbocycles. The van der Waals surface area contributed by atoms with E-state index in [1.807, 2.05) is 0 Å². The number of phenolic OH excluding ortho intramolecular Hbond substituents is 1. The van der Waals surface area contributed by atoms with Crippen LogP contribution in [0.3, 0.4) is 0 Å². The minimum absolute atomic E-state index is 0.148. The first-order valence-electron chi connectivity index (χ1n) is 8.74. The van der Waals surface area contributed by atoms with Gasteiger partial charge >= 0.3 is 6.09 Å². The number of rotatable bonds is 3. The first-order valence-corrected chi connectivity index (χ1v) is 8.74. The molecule has 1 fully saturated rings. The lowest BCUT2D eigenvalue weighted by molar-refractivity contribution is 0.0249. The Kier molecular flexibility index (Phi) is 8.23. The van der Waals surface area contributed by atoms with Gasteiger partial charge in [-0.15, -0.1) is 0 Å². The molecule has 150 valence electrons. The Balaban J connectivity index is 0.000000221. The third-order valence-electron chi connectivity index (χ3n) is 3.90. The van der Waals surface area contributed by atoms with Crippen LogP contribution in [0.5, 0.6) is 5.75 Å². The molecule has 0 bridgehead atoms. The van der Waals surface area contributed by atoms with Gasteiger partial charge in [0.1, 0.15) is 18.2 Å². The molecule has 7 nitrogen and oxygen atoms in total. The lowest BCUT2D eigenvalue weighted by Crippen LogP contribution is -2.40. The molecule has 1 aliphatic heterocycles. The number of phenols is 1. The number of aromatic hydroxyl groups is 1. The molecule has 0 saturated carbocycles. The number of hydrogen-bond acceptors (Lipinski definition) is 5. The summed E-state index contributed by atoms with van der Waals surface area (Å²) in [6, 6.07) is 12.0. The van der Waals surface area contributed by atoms with Crippen molar-refractivity contribution in [3.63, 3.8) is 0 Å². The minimum atomic E-state index is -0.349. The second kappa shape index (κ2) is 10.9. The smallest absolute Gasteiger partial charge is 0.410 e. The summed E-state index contributed by atoms with van der Waals surface area (Å²) in [6.45, 7) is 2.37. The van der Waals surface area contributed by atoms with Crippen LogP contribution in [0, 0.1) is 5.82 Å². The van der Waals surface area contributed by atoms with Crippen LogP contribution in [-0.4, -0.2) is 55.4 Å². The maximum atomic E-state index is 12.6. The average Bonchev–Trinajstić information content (AvgIpc) is 2.74. The molecule has 2 N–H and O–H groups in total. The molecule has 1 saturated heterocycles. The second-order valence-electron chi connectivity index (χ2n) is 5.91. The standard InChI is InChI=1S/C12H14FNO3.C8H9NO2/c13-11-3-1-10(2-4-11)9-17-12(15)14-5-7-16-8-6-14;1-9-8(11)6-2-4-7(10)5-3-6/h1-4H,5-9H2;2-5,10H,1H3,(H,9,11). The summed E-state index contributed by atoms with van der Waals surface area (Å²) < 4.78 is 22.9. The lowest BCUT2D eigenvalue weighted by Gasteiger charge is -2.25. The highest BCUT2D eigenvalue weighted by Gasteiger charge is 2.17. The van der Waals surface area contributed by atoms with Gasteiger partial charge in [-0.2, -0.15) is 0 Å². The number of benzene rings is 2. The fourth-order valence-electron chi connectivity index (χ4n) is 2.32. The van der Waals surface area contributed by atoms with Crippen LogP contribution in [0.15, 0.2) is 48.5 Å². The Labute approximate surface area is 162 Å². The molecule has 8 heteroatoms. The molecular formula is C20H23FN2O5. The molecule has 0 aliphatic carbocycles. The molecule has 1 aliphatic rings. The summed E-state index contributed by atoms with van der Waals surface area (Å²) in [7, 11) is 1.56. The largest absolute Gasteiger partial charge is 0.508 e. The normalized spacial score (nSPS) is 13.1. The van der Waals surface area contributed by atoms with E-state index < -0.39 is 0 Å². The number of carbonyl (C=O) groups excluding carboxylic acids is 2. The maximum Gasteiger partial charge on any atom is 0.410 e. The van der Waals surface area contributed by atoms with Gasteiger partial charge in [0, 0.05) is 25.7 Å². The maximum absolute atomic E-state index is 12.6. The van der Waals surface area contributed by atoms with Crippen molar-refractivity contribution in [3.8, 4) is 5.75 Å². The molecule has 1 heterocycles. The van der Waals surface area contributed by atoms with E-state index >= 15 is 0 Å². The minimum Gasteiger partial charge on any atom is -0.508 e.